The zero-order valence-electron chi connectivity index (χ0n) is 20.8. The third kappa shape index (κ3) is 5.53. The van der Waals surface area contributed by atoms with Crippen LogP contribution in [0.1, 0.15) is 53.7 Å². The lowest BCUT2D eigenvalue weighted by molar-refractivity contribution is 0.0803. The summed E-state index contributed by atoms with van der Waals surface area (Å²) in [5.41, 5.74) is 4.16. The normalized spacial score (nSPS) is 13.1. The summed E-state index contributed by atoms with van der Waals surface area (Å²) in [5, 5.41) is 1.96. The number of carbonyl (C=O) groups is 1. The predicted molar refractivity (Wildman–Crippen MR) is 142 cm³/mol. The number of aryl methyl sites for hydroxylation is 1. The van der Waals surface area contributed by atoms with Gasteiger partial charge in [-0.2, -0.15) is 8.42 Å². The first-order chi connectivity index (χ1) is 17.2. The molecule has 3 aromatic carbocycles. The number of fused-ring (bicyclic) bond motifs is 2. The smallest absolute Gasteiger partial charge is 0.266 e. The first-order valence-corrected chi connectivity index (χ1v) is 13.8. The van der Waals surface area contributed by atoms with Gasteiger partial charge in [0.05, 0.1) is 5.75 Å². The Morgan fingerprint density at radius 2 is 1.78 bits per heavy atom. The van der Waals surface area contributed by atoms with Crippen LogP contribution in [0, 0.1) is 0 Å². The average Bonchev–Trinajstić information content (AvgIpc) is 2.85. The van der Waals surface area contributed by atoms with Crippen LogP contribution in [0.2, 0.25) is 0 Å². The monoisotopic (exact) mass is 505 g/mol. The van der Waals surface area contributed by atoms with E-state index in [2.05, 4.69) is 32.1 Å². The largest absolute Gasteiger partial charge is 0.456 e. The third-order valence-electron chi connectivity index (χ3n) is 6.25. The fraction of sp³-hybridized carbons (Fsp3) is 0.276. The highest BCUT2D eigenvalue weighted by Crippen LogP contribution is 2.38. The van der Waals surface area contributed by atoms with E-state index in [1.165, 1.54) is 17.5 Å². The van der Waals surface area contributed by atoms with E-state index in [1.807, 2.05) is 36.4 Å². The quantitative estimate of drug-likeness (QED) is 0.364. The van der Waals surface area contributed by atoms with Crippen LogP contribution < -0.4 is 15.2 Å². The van der Waals surface area contributed by atoms with E-state index in [-0.39, 0.29) is 12.5 Å². The number of ether oxygens (including phenoxy) is 1. The Kier molecular flexibility index (Phi) is 7.62. The Bertz CT molecular complexity index is 1530. The molecule has 6 nitrogen and oxygen atoms in total. The lowest BCUT2D eigenvalue weighted by atomic mass is 9.88. The molecule has 0 spiro atoms. The highest BCUT2D eigenvalue weighted by molar-refractivity contribution is 7.85. The van der Waals surface area contributed by atoms with E-state index in [4.69, 9.17) is 9.29 Å². The van der Waals surface area contributed by atoms with Crippen LogP contribution >= 0.6 is 0 Å². The van der Waals surface area contributed by atoms with Crippen LogP contribution in [-0.2, 0) is 16.5 Å². The van der Waals surface area contributed by atoms with Gasteiger partial charge in [0.15, 0.2) is 0 Å². The Hall–Kier alpha value is -3.42. The molecule has 0 atom stereocenters. The maximum absolute atomic E-state index is 13.4. The van der Waals surface area contributed by atoms with Crippen LogP contribution in [0.3, 0.4) is 0 Å². The van der Waals surface area contributed by atoms with Gasteiger partial charge in [-0.25, -0.2) is 0 Å². The second-order valence-corrected chi connectivity index (χ2v) is 10.6. The molecule has 0 fully saturated rings. The molecule has 0 saturated heterocycles. The van der Waals surface area contributed by atoms with Crippen molar-refractivity contribution in [3.63, 3.8) is 0 Å². The Labute approximate surface area is 212 Å². The third-order valence-corrected chi connectivity index (χ3v) is 6.95. The van der Waals surface area contributed by atoms with Crippen LogP contribution in [0.25, 0.3) is 11.6 Å². The molecule has 0 aliphatic carbocycles. The highest BCUT2D eigenvalue weighted by Gasteiger charge is 2.25. The summed E-state index contributed by atoms with van der Waals surface area (Å²) in [6, 6.07) is 19.6. The minimum Gasteiger partial charge on any atom is -0.456 e. The number of amides is 1. The molecule has 1 aliphatic heterocycles. The van der Waals surface area contributed by atoms with Gasteiger partial charge >= 0.3 is 0 Å². The molecular formula is C29H31NO5S. The molecule has 0 aromatic heterocycles. The number of carbonyl (C=O) groups excluding carboxylic acids is 1. The zero-order chi connectivity index (χ0) is 25.9. The summed E-state index contributed by atoms with van der Waals surface area (Å²) in [7, 11) is -2.65. The minimum atomic E-state index is -4.18. The van der Waals surface area contributed by atoms with Crippen molar-refractivity contribution in [3.8, 4) is 11.5 Å². The van der Waals surface area contributed by atoms with Gasteiger partial charge in [-0.15, -0.1) is 0 Å². The summed E-state index contributed by atoms with van der Waals surface area (Å²) in [6.45, 7) is 4.11. The molecule has 1 N–H and O–H groups in total. The summed E-state index contributed by atoms with van der Waals surface area (Å²) < 4.78 is 38.0. The maximum Gasteiger partial charge on any atom is 0.266 e. The topological polar surface area (TPSA) is 83.9 Å². The van der Waals surface area contributed by atoms with Gasteiger partial charge in [0, 0.05) is 35.5 Å². The van der Waals surface area contributed by atoms with Gasteiger partial charge in [0.1, 0.15) is 11.5 Å². The van der Waals surface area contributed by atoms with E-state index >= 15 is 0 Å². The van der Waals surface area contributed by atoms with Crippen molar-refractivity contribution in [1.29, 1.82) is 0 Å². The lowest BCUT2D eigenvalue weighted by Gasteiger charge is -2.24. The lowest BCUT2D eigenvalue weighted by Crippen LogP contribution is -2.32. The van der Waals surface area contributed by atoms with Gasteiger partial charge in [-0.05, 0) is 53.5 Å². The molecule has 3 aromatic rings. The van der Waals surface area contributed by atoms with Gasteiger partial charge in [-0.1, -0.05) is 62.7 Å². The molecular weight excluding hydrogens is 474 g/mol. The number of nitrogens with zero attached hydrogens (tertiary/aromatic N) is 1. The van der Waals surface area contributed by atoms with E-state index in [1.54, 1.807) is 12.1 Å². The Morgan fingerprint density at radius 1 is 1.00 bits per heavy atom. The molecule has 1 aliphatic rings. The van der Waals surface area contributed by atoms with Crippen LogP contribution in [0.4, 0.5) is 0 Å². The van der Waals surface area contributed by atoms with Crippen molar-refractivity contribution in [2.24, 2.45) is 0 Å². The molecule has 0 radical (unpaired) electrons. The standard InChI is InChI=1S/C29H31NO5S/c1-4-8-20-12-14-24-26(18-20)35-27-19-21(9-5-2)13-15-25(27)28(24)22-10-6-7-11-23(22)29(31)30(3)16-17-36(32,33)34/h6-8,10-15,18-19H,4-5,9,16-17H2,1-3H3,(H,32,33,34)/b20-8+. The van der Waals surface area contributed by atoms with Crippen molar-refractivity contribution >= 4 is 27.7 Å². The fourth-order valence-electron chi connectivity index (χ4n) is 4.50. The van der Waals surface area contributed by atoms with Gasteiger partial charge in [-0.3, -0.25) is 9.35 Å². The number of benzene rings is 3. The van der Waals surface area contributed by atoms with Crippen LogP contribution in [0.5, 0.6) is 11.5 Å². The molecule has 7 heteroatoms. The SMILES string of the molecule is CC/C=c1\ccc2c(c1)Oc1cc(CCC)ccc1C=2c1ccccc1C(=O)N(C)CCS(=O)(=O)O. The van der Waals surface area contributed by atoms with Crippen molar-refractivity contribution < 1.29 is 22.5 Å². The van der Waals surface area contributed by atoms with Crippen LogP contribution in [0.15, 0.2) is 60.7 Å². The fourth-order valence-corrected chi connectivity index (χ4v) is 5.00. The minimum absolute atomic E-state index is 0.117. The highest BCUT2D eigenvalue weighted by atomic mass is 32.2. The zero-order valence-corrected chi connectivity index (χ0v) is 21.6. The molecule has 4 rings (SSSR count). The van der Waals surface area contributed by atoms with Crippen molar-refractivity contribution in [1.82, 2.24) is 4.90 Å². The molecule has 0 saturated carbocycles. The average molecular weight is 506 g/mol. The first kappa shape index (κ1) is 25.7. The van der Waals surface area contributed by atoms with Crippen LogP contribution in [-0.4, -0.2) is 43.1 Å². The maximum atomic E-state index is 13.4. The number of rotatable bonds is 8. The molecule has 0 bridgehead atoms. The first-order valence-electron chi connectivity index (χ1n) is 12.2. The summed E-state index contributed by atoms with van der Waals surface area (Å²) in [6.07, 6.45) is 5.00. The summed E-state index contributed by atoms with van der Waals surface area (Å²) >= 11 is 0. The van der Waals surface area contributed by atoms with Gasteiger partial charge in [0.2, 0.25) is 0 Å². The van der Waals surface area contributed by atoms with Crippen molar-refractivity contribution in [3.05, 3.63) is 93.4 Å². The molecule has 36 heavy (non-hydrogen) atoms. The second-order valence-electron chi connectivity index (χ2n) is 8.98. The van der Waals surface area contributed by atoms with Gasteiger partial charge < -0.3 is 9.64 Å². The molecule has 188 valence electrons. The van der Waals surface area contributed by atoms with E-state index in [0.717, 1.165) is 57.9 Å². The van der Waals surface area contributed by atoms with Crippen molar-refractivity contribution in [2.45, 2.75) is 33.1 Å². The molecule has 0 unspecified atom stereocenters. The number of hydrogen-bond donors (Lipinski definition) is 1. The van der Waals surface area contributed by atoms with Crippen molar-refractivity contribution in [2.75, 3.05) is 19.3 Å². The second kappa shape index (κ2) is 10.7. The molecule has 1 amide bonds. The van der Waals surface area contributed by atoms with Gasteiger partial charge in [0.25, 0.3) is 16.0 Å². The predicted octanol–water partition coefficient (Wildman–Crippen LogP) is 4.14. The number of hydrogen-bond acceptors (Lipinski definition) is 4. The molecule has 1 heterocycles. The van der Waals surface area contributed by atoms with E-state index < -0.39 is 15.9 Å². The Morgan fingerprint density at radius 3 is 2.50 bits per heavy atom. The summed E-state index contributed by atoms with van der Waals surface area (Å²) in [5.74, 6) is 0.633. The summed E-state index contributed by atoms with van der Waals surface area (Å²) in [4.78, 5) is 14.7. The van der Waals surface area contributed by atoms with E-state index in [9.17, 15) is 13.2 Å². The Balaban J connectivity index is 1.92. The van der Waals surface area contributed by atoms with E-state index in [0.29, 0.717) is 5.56 Å².